The molecule has 1 aliphatic rings. The molecule has 0 saturated carbocycles. The summed E-state index contributed by atoms with van der Waals surface area (Å²) in [7, 11) is 1.32. The number of hydrogen-bond acceptors (Lipinski definition) is 5. The number of thiophene rings is 1. The van der Waals surface area contributed by atoms with Crippen molar-refractivity contribution < 1.29 is 19.1 Å². The van der Waals surface area contributed by atoms with Crippen LogP contribution in [0.2, 0.25) is 5.02 Å². The molecule has 1 amide bonds. The SMILES string of the molecule is COC(=O)c1c(NC(=O)[C@H]2CCCO2)sc(C)c1-c1cccc(Cl)c1. The number of hydrogen-bond donors (Lipinski definition) is 1. The zero-order valence-corrected chi connectivity index (χ0v) is 15.5. The van der Waals surface area contributed by atoms with Crippen molar-refractivity contribution in [3.8, 4) is 11.1 Å². The third kappa shape index (κ3) is 3.71. The Morgan fingerprint density at radius 3 is 2.84 bits per heavy atom. The summed E-state index contributed by atoms with van der Waals surface area (Å²) in [6, 6.07) is 7.25. The van der Waals surface area contributed by atoms with Crippen LogP contribution in [0.15, 0.2) is 24.3 Å². The number of anilines is 1. The average molecular weight is 380 g/mol. The summed E-state index contributed by atoms with van der Waals surface area (Å²) in [5.41, 5.74) is 1.87. The second-order valence-electron chi connectivity index (χ2n) is 5.73. The van der Waals surface area contributed by atoms with E-state index in [4.69, 9.17) is 21.1 Å². The molecule has 2 heterocycles. The number of carbonyl (C=O) groups excluding carboxylic acids is 2. The monoisotopic (exact) mass is 379 g/mol. The summed E-state index contributed by atoms with van der Waals surface area (Å²) in [5.74, 6) is -0.733. The number of carbonyl (C=O) groups is 2. The fourth-order valence-electron chi connectivity index (χ4n) is 2.90. The van der Waals surface area contributed by atoms with Crippen LogP contribution in [0, 0.1) is 6.92 Å². The van der Waals surface area contributed by atoms with E-state index in [1.54, 1.807) is 12.1 Å². The van der Waals surface area contributed by atoms with Crippen molar-refractivity contribution in [2.75, 3.05) is 19.0 Å². The van der Waals surface area contributed by atoms with Crippen LogP contribution in [0.25, 0.3) is 11.1 Å². The molecule has 1 atom stereocenters. The molecular weight excluding hydrogens is 362 g/mol. The third-order valence-electron chi connectivity index (χ3n) is 4.05. The average Bonchev–Trinajstić information content (AvgIpc) is 3.22. The van der Waals surface area contributed by atoms with Crippen LogP contribution in [0.3, 0.4) is 0 Å². The number of nitrogens with one attached hydrogen (secondary N) is 1. The lowest BCUT2D eigenvalue weighted by atomic mass is 10.0. The highest BCUT2D eigenvalue weighted by molar-refractivity contribution is 7.17. The normalized spacial score (nSPS) is 16.7. The first kappa shape index (κ1) is 17.9. The van der Waals surface area contributed by atoms with Gasteiger partial charge in [-0.25, -0.2) is 4.79 Å². The maximum atomic E-state index is 12.4. The Hall–Kier alpha value is -1.89. The van der Waals surface area contributed by atoms with E-state index >= 15 is 0 Å². The molecule has 2 aromatic rings. The van der Waals surface area contributed by atoms with Gasteiger partial charge >= 0.3 is 5.97 Å². The topological polar surface area (TPSA) is 64.6 Å². The number of aryl methyl sites for hydroxylation is 1. The molecule has 1 aromatic heterocycles. The highest BCUT2D eigenvalue weighted by Gasteiger charge is 2.29. The molecular formula is C18H18ClNO4S. The Kier molecular flexibility index (Phi) is 5.42. The third-order valence-corrected chi connectivity index (χ3v) is 5.30. The van der Waals surface area contributed by atoms with E-state index in [-0.39, 0.29) is 5.91 Å². The molecule has 0 spiro atoms. The minimum Gasteiger partial charge on any atom is -0.465 e. The van der Waals surface area contributed by atoms with Crippen LogP contribution in [-0.2, 0) is 14.3 Å². The maximum Gasteiger partial charge on any atom is 0.341 e. The molecule has 5 nitrogen and oxygen atoms in total. The molecule has 0 aliphatic carbocycles. The van der Waals surface area contributed by atoms with Crippen molar-refractivity contribution in [2.24, 2.45) is 0 Å². The molecule has 25 heavy (non-hydrogen) atoms. The van der Waals surface area contributed by atoms with Gasteiger partial charge in [0.2, 0.25) is 0 Å². The predicted octanol–water partition coefficient (Wildman–Crippen LogP) is 4.28. The minimum atomic E-state index is -0.498. The molecule has 1 N–H and O–H groups in total. The van der Waals surface area contributed by atoms with Gasteiger partial charge in [0.15, 0.2) is 0 Å². The molecule has 1 saturated heterocycles. The molecule has 7 heteroatoms. The number of benzene rings is 1. The van der Waals surface area contributed by atoms with Gasteiger partial charge in [0.05, 0.1) is 7.11 Å². The molecule has 1 fully saturated rings. The van der Waals surface area contributed by atoms with Gasteiger partial charge in [-0.05, 0) is 37.5 Å². The zero-order valence-electron chi connectivity index (χ0n) is 13.9. The lowest BCUT2D eigenvalue weighted by Gasteiger charge is -2.11. The second-order valence-corrected chi connectivity index (χ2v) is 7.39. The van der Waals surface area contributed by atoms with Crippen LogP contribution >= 0.6 is 22.9 Å². The van der Waals surface area contributed by atoms with Gasteiger partial charge < -0.3 is 14.8 Å². The lowest BCUT2D eigenvalue weighted by molar-refractivity contribution is -0.124. The van der Waals surface area contributed by atoms with E-state index in [0.29, 0.717) is 28.6 Å². The van der Waals surface area contributed by atoms with Crippen LogP contribution in [-0.4, -0.2) is 31.7 Å². The van der Waals surface area contributed by atoms with Gasteiger partial charge in [0, 0.05) is 22.1 Å². The minimum absolute atomic E-state index is 0.235. The van der Waals surface area contributed by atoms with E-state index in [0.717, 1.165) is 22.4 Å². The van der Waals surface area contributed by atoms with E-state index < -0.39 is 12.1 Å². The van der Waals surface area contributed by atoms with Crippen LogP contribution in [0.4, 0.5) is 5.00 Å². The molecule has 1 aliphatic heterocycles. The van der Waals surface area contributed by atoms with E-state index in [2.05, 4.69) is 5.32 Å². The Morgan fingerprint density at radius 2 is 2.20 bits per heavy atom. The largest absolute Gasteiger partial charge is 0.465 e. The predicted molar refractivity (Wildman–Crippen MR) is 98.4 cm³/mol. The highest BCUT2D eigenvalue weighted by Crippen LogP contribution is 2.41. The molecule has 132 valence electrons. The van der Waals surface area contributed by atoms with Gasteiger partial charge in [-0.1, -0.05) is 23.7 Å². The van der Waals surface area contributed by atoms with E-state index in [9.17, 15) is 9.59 Å². The summed E-state index contributed by atoms with van der Waals surface area (Å²) in [6.45, 7) is 2.48. The number of ether oxygens (including phenoxy) is 2. The fraction of sp³-hybridized carbons (Fsp3) is 0.333. The first-order valence-corrected chi connectivity index (χ1v) is 9.10. The molecule has 0 radical (unpaired) electrons. The van der Waals surface area contributed by atoms with Crippen molar-refractivity contribution in [3.63, 3.8) is 0 Å². The van der Waals surface area contributed by atoms with Crippen molar-refractivity contribution >= 4 is 39.8 Å². The molecule has 0 bridgehead atoms. The van der Waals surface area contributed by atoms with Gasteiger partial charge in [0.25, 0.3) is 5.91 Å². The zero-order chi connectivity index (χ0) is 18.0. The molecule has 0 unspecified atom stereocenters. The number of rotatable bonds is 4. The smallest absolute Gasteiger partial charge is 0.341 e. The van der Waals surface area contributed by atoms with E-state index in [1.165, 1.54) is 18.4 Å². The number of esters is 1. The first-order chi connectivity index (χ1) is 12.0. The lowest BCUT2D eigenvalue weighted by Crippen LogP contribution is -2.27. The Labute approximate surface area is 154 Å². The fourth-order valence-corrected chi connectivity index (χ4v) is 4.16. The summed E-state index contributed by atoms with van der Waals surface area (Å²) in [4.78, 5) is 25.7. The standard InChI is InChI=1S/C18H18ClNO4S/c1-10-14(11-5-3-6-12(19)9-11)15(18(22)23-2)17(25-10)20-16(21)13-7-4-8-24-13/h3,5-6,9,13H,4,7-8H2,1-2H3,(H,20,21)/t13-/m1/s1. The van der Waals surface area contributed by atoms with Crippen LogP contribution in [0.5, 0.6) is 0 Å². The van der Waals surface area contributed by atoms with Gasteiger partial charge in [-0.15, -0.1) is 11.3 Å². The quantitative estimate of drug-likeness (QED) is 0.805. The van der Waals surface area contributed by atoms with Crippen LogP contribution in [0.1, 0.15) is 28.1 Å². The number of halogens is 1. The Balaban J connectivity index is 2.02. The Bertz CT molecular complexity index is 811. The Morgan fingerprint density at radius 1 is 1.40 bits per heavy atom. The molecule has 1 aromatic carbocycles. The van der Waals surface area contributed by atoms with Crippen molar-refractivity contribution in [3.05, 3.63) is 39.7 Å². The van der Waals surface area contributed by atoms with Gasteiger partial charge in [0.1, 0.15) is 16.7 Å². The first-order valence-electron chi connectivity index (χ1n) is 7.91. The van der Waals surface area contributed by atoms with Crippen molar-refractivity contribution in [1.29, 1.82) is 0 Å². The molecule has 3 rings (SSSR count). The van der Waals surface area contributed by atoms with Crippen LogP contribution < -0.4 is 5.32 Å². The summed E-state index contributed by atoms with van der Waals surface area (Å²) < 4.78 is 10.4. The summed E-state index contributed by atoms with van der Waals surface area (Å²) >= 11 is 7.43. The number of methoxy groups -OCH3 is 1. The second kappa shape index (κ2) is 7.56. The van der Waals surface area contributed by atoms with Gasteiger partial charge in [-0.3, -0.25) is 4.79 Å². The van der Waals surface area contributed by atoms with E-state index in [1.807, 2.05) is 19.1 Å². The summed E-state index contributed by atoms with van der Waals surface area (Å²) in [5, 5.41) is 3.88. The number of amides is 1. The summed E-state index contributed by atoms with van der Waals surface area (Å²) in [6.07, 6.45) is 1.08. The van der Waals surface area contributed by atoms with Crippen molar-refractivity contribution in [1.82, 2.24) is 0 Å². The van der Waals surface area contributed by atoms with Crippen molar-refractivity contribution in [2.45, 2.75) is 25.9 Å². The van der Waals surface area contributed by atoms with Gasteiger partial charge in [-0.2, -0.15) is 0 Å². The highest BCUT2D eigenvalue weighted by atomic mass is 35.5. The maximum absolute atomic E-state index is 12.4.